The monoisotopic (exact) mass is 529 g/mol. The smallest absolute Gasteiger partial charge is 0.246 e. The second-order valence-electron chi connectivity index (χ2n) is 10.9. The van der Waals surface area contributed by atoms with Crippen molar-refractivity contribution in [2.24, 2.45) is 11.8 Å². The fourth-order valence-corrected chi connectivity index (χ4v) is 6.77. The maximum Gasteiger partial charge on any atom is 0.246 e. The lowest BCUT2D eigenvalue weighted by Crippen LogP contribution is -2.56. The van der Waals surface area contributed by atoms with Crippen molar-refractivity contribution in [1.82, 2.24) is 10.2 Å². The highest BCUT2D eigenvalue weighted by molar-refractivity contribution is 6.02. The topological polar surface area (TPSA) is 97.0 Å². The lowest BCUT2D eigenvalue weighted by atomic mass is 9.74. The average molecular weight is 530 g/mol. The van der Waals surface area contributed by atoms with Crippen molar-refractivity contribution in [3.05, 3.63) is 72.3 Å². The van der Waals surface area contributed by atoms with Crippen LogP contribution in [0.5, 0.6) is 5.75 Å². The molecule has 1 aliphatic carbocycles. The summed E-state index contributed by atoms with van der Waals surface area (Å²) in [5.74, 6) is -1.51. The number of benzene rings is 2. The minimum Gasteiger partial charge on any atom is -0.494 e. The summed E-state index contributed by atoms with van der Waals surface area (Å²) in [6.45, 7) is 2.74. The van der Waals surface area contributed by atoms with E-state index in [1.165, 1.54) is 6.42 Å². The molecule has 3 fully saturated rings. The summed E-state index contributed by atoms with van der Waals surface area (Å²) in [6, 6.07) is 16.0. The number of anilines is 1. The van der Waals surface area contributed by atoms with Crippen LogP contribution in [-0.4, -0.2) is 53.0 Å². The van der Waals surface area contributed by atoms with Crippen molar-refractivity contribution in [1.29, 1.82) is 0 Å². The van der Waals surface area contributed by atoms with Gasteiger partial charge < -0.3 is 25.0 Å². The Bertz CT molecular complexity index is 1260. The quantitative estimate of drug-likeness (QED) is 0.507. The molecule has 8 nitrogen and oxygen atoms in total. The molecule has 0 unspecified atom stereocenters. The number of nitrogens with one attached hydrogen (secondary N) is 2. The number of ether oxygens (including phenoxy) is 2. The molecule has 1 spiro atoms. The van der Waals surface area contributed by atoms with E-state index in [0.29, 0.717) is 12.3 Å². The van der Waals surface area contributed by atoms with Crippen LogP contribution in [0.3, 0.4) is 0 Å². The number of rotatable bonds is 8. The summed E-state index contributed by atoms with van der Waals surface area (Å²) in [6.07, 6.45) is 8.37. The van der Waals surface area contributed by atoms with Gasteiger partial charge in [0.15, 0.2) is 0 Å². The van der Waals surface area contributed by atoms with Crippen LogP contribution in [0.2, 0.25) is 0 Å². The van der Waals surface area contributed by atoms with Crippen LogP contribution in [0.4, 0.5) is 5.69 Å². The third-order valence-corrected chi connectivity index (χ3v) is 8.51. The van der Waals surface area contributed by atoms with E-state index in [9.17, 15) is 14.4 Å². The lowest BCUT2D eigenvalue weighted by molar-refractivity contribution is -0.142. The molecule has 0 radical (unpaired) electrons. The molecular weight excluding hydrogens is 494 g/mol. The van der Waals surface area contributed by atoms with Gasteiger partial charge in [0.2, 0.25) is 17.7 Å². The van der Waals surface area contributed by atoms with Crippen LogP contribution in [0, 0.1) is 11.8 Å². The zero-order valence-corrected chi connectivity index (χ0v) is 22.2. The number of fused-ring (bicyclic) bond motifs is 1. The molecular formula is C31H35N3O5. The van der Waals surface area contributed by atoms with E-state index in [1.54, 1.807) is 29.2 Å². The van der Waals surface area contributed by atoms with Crippen LogP contribution in [0.25, 0.3) is 0 Å². The molecule has 39 heavy (non-hydrogen) atoms. The molecule has 2 N–H and O–H groups in total. The van der Waals surface area contributed by atoms with Gasteiger partial charge in [-0.2, -0.15) is 0 Å². The Morgan fingerprint density at radius 1 is 1.03 bits per heavy atom. The summed E-state index contributed by atoms with van der Waals surface area (Å²) in [5.41, 5.74) is 0.366. The second kappa shape index (κ2) is 10.5. The van der Waals surface area contributed by atoms with Crippen LogP contribution in [0.1, 0.15) is 44.6 Å². The third-order valence-electron chi connectivity index (χ3n) is 8.51. The van der Waals surface area contributed by atoms with E-state index in [1.807, 2.05) is 49.4 Å². The molecule has 3 amide bonds. The molecule has 8 heteroatoms. The highest BCUT2D eigenvalue weighted by Gasteiger charge is 2.72. The summed E-state index contributed by atoms with van der Waals surface area (Å²) >= 11 is 0. The molecule has 204 valence electrons. The van der Waals surface area contributed by atoms with Crippen molar-refractivity contribution in [3.63, 3.8) is 0 Å². The molecule has 5 atom stereocenters. The van der Waals surface area contributed by atoms with Crippen molar-refractivity contribution in [2.45, 2.75) is 69.4 Å². The van der Waals surface area contributed by atoms with Gasteiger partial charge in [0.05, 0.1) is 24.5 Å². The first-order valence-corrected chi connectivity index (χ1v) is 14.1. The van der Waals surface area contributed by atoms with Gasteiger partial charge in [-0.1, -0.05) is 61.7 Å². The van der Waals surface area contributed by atoms with Gasteiger partial charge >= 0.3 is 0 Å². The van der Waals surface area contributed by atoms with Gasteiger partial charge in [0.1, 0.15) is 17.4 Å². The minimum atomic E-state index is -1.17. The highest BCUT2D eigenvalue weighted by atomic mass is 16.5. The van der Waals surface area contributed by atoms with Gasteiger partial charge in [0.25, 0.3) is 0 Å². The predicted octanol–water partition coefficient (Wildman–Crippen LogP) is 3.82. The van der Waals surface area contributed by atoms with Crippen molar-refractivity contribution in [3.8, 4) is 5.75 Å². The molecule has 2 aromatic carbocycles. The highest BCUT2D eigenvalue weighted by Crippen LogP contribution is 2.55. The molecule has 2 aromatic rings. The first-order valence-electron chi connectivity index (χ1n) is 14.1. The van der Waals surface area contributed by atoms with E-state index in [2.05, 4.69) is 10.6 Å². The molecule has 2 saturated heterocycles. The number of carbonyl (C=O) groups excluding carboxylic acids is 3. The summed E-state index contributed by atoms with van der Waals surface area (Å²) in [7, 11) is 0. The first-order chi connectivity index (χ1) is 19.0. The molecule has 6 rings (SSSR count). The number of nitrogens with zero attached hydrogens (tertiary/aromatic N) is 1. The zero-order chi connectivity index (χ0) is 27.0. The predicted molar refractivity (Wildman–Crippen MR) is 146 cm³/mol. The number of likely N-dealkylation sites (tertiary alicyclic amines) is 1. The Labute approximate surface area is 228 Å². The molecule has 0 aromatic heterocycles. The largest absolute Gasteiger partial charge is 0.494 e. The second-order valence-corrected chi connectivity index (χ2v) is 10.9. The summed E-state index contributed by atoms with van der Waals surface area (Å²) in [5, 5.41) is 6.19. The molecule has 3 aliphatic heterocycles. The molecule has 1 saturated carbocycles. The van der Waals surface area contributed by atoms with Gasteiger partial charge in [-0.05, 0) is 49.6 Å². The number of amides is 3. The Morgan fingerprint density at radius 3 is 2.49 bits per heavy atom. The number of carbonyl (C=O) groups is 3. The zero-order valence-electron chi connectivity index (χ0n) is 22.2. The molecule has 4 aliphatic rings. The van der Waals surface area contributed by atoms with Crippen LogP contribution < -0.4 is 15.4 Å². The van der Waals surface area contributed by atoms with Crippen molar-refractivity contribution < 1.29 is 23.9 Å². The maximum atomic E-state index is 14.1. The fraction of sp³-hybridized carbons (Fsp3) is 0.452. The normalized spacial score (nSPS) is 29.4. The lowest BCUT2D eigenvalue weighted by Gasteiger charge is -2.34. The van der Waals surface area contributed by atoms with E-state index in [4.69, 9.17) is 9.47 Å². The van der Waals surface area contributed by atoms with Crippen LogP contribution in [0.15, 0.2) is 66.7 Å². The Morgan fingerprint density at radius 2 is 1.77 bits per heavy atom. The van der Waals surface area contributed by atoms with Crippen molar-refractivity contribution >= 4 is 23.4 Å². The van der Waals surface area contributed by atoms with Crippen molar-refractivity contribution in [2.75, 3.05) is 11.9 Å². The summed E-state index contributed by atoms with van der Waals surface area (Å²) in [4.78, 5) is 43.3. The Balaban J connectivity index is 1.28. The molecule has 3 heterocycles. The van der Waals surface area contributed by atoms with Gasteiger partial charge in [-0.15, -0.1) is 0 Å². The van der Waals surface area contributed by atoms with Gasteiger partial charge in [-0.25, -0.2) is 0 Å². The average Bonchev–Trinajstić information content (AvgIpc) is 3.59. The Hall–Kier alpha value is -3.65. The van der Waals surface area contributed by atoms with Gasteiger partial charge in [0, 0.05) is 18.3 Å². The minimum absolute atomic E-state index is 0.0942. The van der Waals surface area contributed by atoms with E-state index in [0.717, 1.165) is 37.0 Å². The molecule has 2 bridgehead atoms. The van der Waals surface area contributed by atoms with Crippen LogP contribution >= 0.6 is 0 Å². The number of hydrogen-bond donors (Lipinski definition) is 2. The standard InChI is InChI=1S/C31H35N3O5/c1-2-38-23-15-13-22(14-16-23)32-28(35)25-24-17-18-31(39-24)26(25)30(37)34(19-20-9-5-3-6-10-20)27(31)29(36)33-21-11-7-4-8-12-21/h3,5-6,9-10,13-18,21,24-27H,2,4,7-8,11-12,19H2,1H3,(H,32,35)(H,33,36)/t24-,25-,26-,27-,31-/m0/s1. The van der Waals surface area contributed by atoms with E-state index >= 15 is 0 Å². The van der Waals surface area contributed by atoms with Gasteiger partial charge in [-0.3, -0.25) is 14.4 Å². The Kier molecular flexibility index (Phi) is 6.89. The van der Waals surface area contributed by atoms with Crippen LogP contribution in [-0.2, 0) is 25.7 Å². The number of hydrogen-bond acceptors (Lipinski definition) is 5. The SMILES string of the molecule is CCOc1ccc(NC(=O)[C@H]2[C@@H]3C=C[C@]4(O3)[C@@H]2C(=O)N(Cc2ccccc2)[C@H]4C(=O)NC2CCCCC2)cc1. The first kappa shape index (κ1) is 25.6. The summed E-state index contributed by atoms with van der Waals surface area (Å²) < 4.78 is 11.9. The fourth-order valence-electron chi connectivity index (χ4n) is 6.77. The van der Waals surface area contributed by atoms with E-state index < -0.39 is 29.6 Å². The third kappa shape index (κ3) is 4.61. The maximum absolute atomic E-state index is 14.1. The van der Waals surface area contributed by atoms with E-state index in [-0.39, 0.29) is 30.3 Å².